The van der Waals surface area contributed by atoms with E-state index in [1.807, 2.05) is 6.92 Å². The molecule has 117 heavy (non-hydrogen) atoms. The van der Waals surface area contributed by atoms with Gasteiger partial charge in [-0.2, -0.15) is 70.2 Å². The van der Waals surface area contributed by atoms with Crippen LogP contribution < -0.4 is 0 Å². The maximum absolute atomic E-state index is 12.9. The first-order valence-electron chi connectivity index (χ1n) is 32.3. The number of ether oxygens (including phenoxy) is 10. The van der Waals surface area contributed by atoms with Crippen molar-refractivity contribution < 1.29 is 239 Å². The molecule has 0 saturated heterocycles. The zero-order valence-electron chi connectivity index (χ0n) is 65.1. The highest BCUT2D eigenvalue weighted by molar-refractivity contribution is 7.88. The fraction of sp³-hybridized carbons (Fsp3) is 0.845. The number of esters is 9. The molecule has 0 rings (SSSR count). The molecule has 0 heterocycles. The highest BCUT2D eigenvalue weighted by atomic mass is 32.2. The third-order valence-corrected chi connectivity index (χ3v) is 20.3. The third-order valence-electron chi connectivity index (χ3n) is 15.3. The van der Waals surface area contributed by atoms with Crippen LogP contribution >= 0.6 is 0 Å². The Labute approximate surface area is 662 Å². The molecule has 0 atom stereocenters. The van der Waals surface area contributed by atoms with Crippen LogP contribution in [0.3, 0.4) is 0 Å². The van der Waals surface area contributed by atoms with E-state index in [1.165, 1.54) is 62.3 Å². The molecule has 0 aromatic rings. The summed E-state index contributed by atoms with van der Waals surface area (Å²) in [5, 5.41) is -31.9. The third kappa shape index (κ3) is 39.3. The van der Waals surface area contributed by atoms with Crippen molar-refractivity contribution in [1.82, 2.24) is 0 Å². The Morgan fingerprint density at radius 2 is 0.462 bits per heavy atom. The molecule has 0 aliphatic carbocycles. The van der Waals surface area contributed by atoms with Gasteiger partial charge >= 0.3 is 97.3 Å². The first-order chi connectivity index (χ1) is 51.4. The SMILES string of the molecule is CCC(C)(C)C(=O)OCC(F)(F)C(F)(F)S(=O)(=O)[O-].CCC(C)(C)C(=O)OCC(F)(F)S(=O)(=O)[O-].CCC(C)(C)C(=O)OCCCCOC(=O)C(F)(F)S(=O)(=O)[O-].CCC(C)(C)C(=O)OCCOC(=O)C(F)(F)S(=O)(=O)[O-].CCC(C)(C)C(=O)OCCOC(F)(F)C(F)(F)S(=O)(=O)[O-].CCC(C)(C)C(=O)OCOC(=O)C(F)(F)S(=O)(=O)[O-]. The van der Waals surface area contributed by atoms with Crippen LogP contribution in [-0.2, 0) is 151 Å². The van der Waals surface area contributed by atoms with Gasteiger partial charge in [0.1, 0.15) is 19.8 Å². The van der Waals surface area contributed by atoms with Crippen LogP contribution in [0.1, 0.15) is 176 Å². The lowest BCUT2D eigenvalue weighted by Gasteiger charge is -2.29. The summed E-state index contributed by atoms with van der Waals surface area (Å²) in [5.41, 5.74) is -5.42. The van der Waals surface area contributed by atoms with Crippen molar-refractivity contribution in [2.75, 3.05) is 59.6 Å². The molecular formula is C58H88F16O37S6-6. The topological polar surface area (TPSA) is 589 Å². The van der Waals surface area contributed by atoms with E-state index in [-0.39, 0.29) is 25.9 Å². The Hall–Kier alpha value is -6.47. The molecule has 0 aromatic carbocycles. The summed E-state index contributed by atoms with van der Waals surface area (Å²) in [5.74, 6) is -17.6. The molecule has 0 saturated carbocycles. The lowest BCUT2D eigenvalue weighted by molar-refractivity contribution is -0.320. The average Bonchev–Trinajstić information content (AvgIpc) is 0.783. The Balaban J connectivity index is -0.000000317. The lowest BCUT2D eigenvalue weighted by atomic mass is 9.91. The highest BCUT2D eigenvalue weighted by Gasteiger charge is 2.64. The summed E-state index contributed by atoms with van der Waals surface area (Å²) in [4.78, 5) is 100. The normalized spacial score (nSPS) is 13.4. The van der Waals surface area contributed by atoms with Gasteiger partial charge in [-0.05, 0) is 134 Å². The smallest absolute Gasteiger partial charge is 0.433 e. The molecule has 0 aliphatic heterocycles. The Bertz CT molecular complexity index is 4020. The standard InChI is InChI=1S/C12H20F2O7S.C10H16F4O6S.C10H16F2O7S.C9H14F4O5S.C9H14F2O7S.C8H14F2O5S/c1-4-11(2,3)9(15)20-7-5-6-8-21-10(16)12(13,14)22(17,18)19;1-4-8(2,3)7(15)19-5-6-20-9(11,12)10(13,14)21(16,17)18;1-4-9(2,3)7(13)18-5-6-19-8(14)10(11,12)20(15,16)17;1-4-7(2,3)6(14)18-5-8(10,11)9(12,13)19(15,16)17;1-4-8(2,3)6(12)17-5-18-7(13)9(10,11)19(14,15)16;1-4-7(2,3)6(11)15-5-8(9,10)16(12,13)14/h4-8H2,1-3H3,(H,17,18,19);4-6H2,1-3H3,(H,16,17,18);4-6H2,1-3H3,(H,15,16,17);4-5H2,1-3H3,(H,15,16,17);4-5H2,1-3H3,(H,14,15,16);4-5H2,1-3H3,(H,12,13,14)/p-6. The monoisotopic (exact) mass is 1870 g/mol. The first-order valence-corrected chi connectivity index (χ1v) is 40.8. The van der Waals surface area contributed by atoms with Crippen molar-refractivity contribution in [3.63, 3.8) is 0 Å². The van der Waals surface area contributed by atoms with E-state index in [9.17, 15) is 191 Å². The Morgan fingerprint density at radius 3 is 0.709 bits per heavy atom. The van der Waals surface area contributed by atoms with Crippen molar-refractivity contribution in [2.24, 2.45) is 32.5 Å². The van der Waals surface area contributed by atoms with Crippen molar-refractivity contribution in [3.05, 3.63) is 0 Å². The molecule has 0 N–H and O–H groups in total. The molecular weight excluding hydrogens is 1780 g/mol. The fourth-order valence-corrected chi connectivity index (χ4v) is 6.48. The summed E-state index contributed by atoms with van der Waals surface area (Å²) in [6, 6.07) is 0. The van der Waals surface area contributed by atoms with Gasteiger partial charge in [0, 0.05) is 0 Å². The van der Waals surface area contributed by atoms with Gasteiger partial charge in [0.2, 0.25) is 6.79 Å². The van der Waals surface area contributed by atoms with Crippen molar-refractivity contribution in [2.45, 2.75) is 220 Å². The summed E-state index contributed by atoms with van der Waals surface area (Å²) in [6.07, 6.45) is -2.88. The van der Waals surface area contributed by atoms with Gasteiger partial charge in [-0.15, -0.1) is 0 Å². The lowest BCUT2D eigenvalue weighted by Crippen LogP contribution is -2.50. The minimum absolute atomic E-state index is 0.00998. The second-order valence-electron chi connectivity index (χ2n) is 27.0. The number of rotatable bonds is 41. The maximum atomic E-state index is 12.9. The van der Waals surface area contributed by atoms with Crippen LogP contribution in [0.2, 0.25) is 0 Å². The van der Waals surface area contributed by atoms with Crippen LogP contribution in [0.5, 0.6) is 0 Å². The first kappa shape index (κ1) is 121. The molecule has 0 aliphatic rings. The number of unbranched alkanes of at least 4 members (excludes halogenated alkanes) is 1. The molecule has 0 fully saturated rings. The summed E-state index contributed by atoms with van der Waals surface area (Å²) in [7, 11) is -37.4. The largest absolute Gasteiger partial charge is 0.743 e. The number of hydrogen-bond donors (Lipinski definition) is 0. The van der Waals surface area contributed by atoms with Gasteiger partial charge in [0.25, 0.3) is 0 Å². The predicted octanol–water partition coefficient (Wildman–Crippen LogP) is 7.23. The second-order valence-corrected chi connectivity index (χ2v) is 35.6. The van der Waals surface area contributed by atoms with E-state index in [1.54, 1.807) is 55.4 Å². The molecule has 37 nitrogen and oxygen atoms in total. The van der Waals surface area contributed by atoms with Gasteiger partial charge in [-0.3, -0.25) is 28.8 Å². The molecule has 0 aromatic heterocycles. The summed E-state index contributed by atoms with van der Waals surface area (Å²) < 4.78 is 427. The van der Waals surface area contributed by atoms with Gasteiger partial charge in [0.15, 0.2) is 73.9 Å². The van der Waals surface area contributed by atoms with Gasteiger partial charge in [-0.25, -0.2) is 64.9 Å². The molecule has 0 radical (unpaired) electrons. The minimum atomic E-state index is -6.61. The van der Waals surface area contributed by atoms with E-state index in [0.717, 1.165) is 0 Å². The number of halogens is 16. The molecule has 696 valence electrons. The van der Waals surface area contributed by atoms with E-state index in [2.05, 4.69) is 42.6 Å². The van der Waals surface area contributed by atoms with E-state index >= 15 is 0 Å². The van der Waals surface area contributed by atoms with Gasteiger partial charge in [-0.1, -0.05) is 41.5 Å². The maximum Gasteiger partial charge on any atom is 0.433 e. The van der Waals surface area contributed by atoms with Crippen LogP contribution in [0, 0.1) is 32.5 Å². The number of carbonyl (C=O) groups is 9. The van der Waals surface area contributed by atoms with Crippen molar-refractivity contribution in [3.8, 4) is 0 Å². The summed E-state index contributed by atoms with van der Waals surface area (Å²) >= 11 is 0. The van der Waals surface area contributed by atoms with Crippen LogP contribution in [0.15, 0.2) is 0 Å². The Morgan fingerprint density at radius 1 is 0.256 bits per heavy atom. The highest BCUT2D eigenvalue weighted by Crippen LogP contribution is 2.41. The van der Waals surface area contributed by atoms with E-state index in [4.69, 9.17) is 4.74 Å². The molecule has 0 spiro atoms. The fourth-order valence-electron chi connectivity index (χ4n) is 4.71. The average molecular weight is 1870 g/mol. The molecule has 59 heteroatoms. The number of hydrogen-bond acceptors (Lipinski definition) is 37. The zero-order chi connectivity index (χ0) is 95.3. The summed E-state index contributed by atoms with van der Waals surface area (Å²) in [6.45, 7) is 19.4. The van der Waals surface area contributed by atoms with Crippen LogP contribution in [0.25, 0.3) is 0 Å². The van der Waals surface area contributed by atoms with E-state index in [0.29, 0.717) is 32.1 Å². The van der Waals surface area contributed by atoms with E-state index < -0.39 is 244 Å². The molecule has 0 amide bonds. The van der Waals surface area contributed by atoms with Gasteiger partial charge in [0.05, 0.1) is 52.3 Å². The second kappa shape index (κ2) is 46.0. The zero-order valence-corrected chi connectivity index (χ0v) is 70.0. The Kier molecular flexibility index (Phi) is 47.7. The minimum Gasteiger partial charge on any atom is -0.743 e. The van der Waals surface area contributed by atoms with Crippen molar-refractivity contribution in [1.29, 1.82) is 0 Å². The predicted molar refractivity (Wildman–Crippen MR) is 351 cm³/mol. The van der Waals surface area contributed by atoms with Crippen LogP contribution in [-0.4, -0.2) is 235 Å². The number of carbonyl (C=O) groups excluding carboxylic acids is 9. The van der Waals surface area contributed by atoms with Gasteiger partial charge < -0.3 is 74.7 Å². The quantitative estimate of drug-likeness (QED) is 0.0145. The van der Waals surface area contributed by atoms with Crippen LogP contribution in [0.4, 0.5) is 70.2 Å². The molecule has 0 unspecified atom stereocenters. The van der Waals surface area contributed by atoms with Crippen molar-refractivity contribution >= 4 is 114 Å². The number of alkyl halides is 16. The molecule has 0 bridgehead atoms.